The highest BCUT2D eigenvalue weighted by molar-refractivity contribution is 5.22. The third-order valence-corrected chi connectivity index (χ3v) is 3.99. The Morgan fingerprint density at radius 3 is 2.53 bits per heavy atom. The minimum Gasteiger partial charge on any atom is -0.314 e. The molecule has 1 unspecified atom stereocenters. The molecule has 1 aromatic rings. The second-order valence-electron chi connectivity index (χ2n) is 5.76. The quantitative estimate of drug-likeness (QED) is 0.745. The van der Waals surface area contributed by atoms with Crippen LogP contribution in [0.25, 0.3) is 0 Å². The van der Waals surface area contributed by atoms with Crippen molar-refractivity contribution < 1.29 is 0 Å². The molecular weight excluding hydrogens is 230 g/mol. The van der Waals surface area contributed by atoms with Crippen molar-refractivity contribution in [3.63, 3.8) is 0 Å². The van der Waals surface area contributed by atoms with Crippen LogP contribution in [0.1, 0.15) is 50.2 Å². The SMILES string of the molecule is CCNC(CC1=CCCCC1)Cc1ccc(C)cc1. The molecule has 104 valence electrons. The summed E-state index contributed by atoms with van der Waals surface area (Å²) in [5.74, 6) is 0. The van der Waals surface area contributed by atoms with Crippen LogP contribution in [-0.2, 0) is 6.42 Å². The Bertz CT molecular complexity index is 402. The molecule has 1 nitrogen and oxygen atoms in total. The number of hydrogen-bond acceptors (Lipinski definition) is 1. The number of nitrogens with one attached hydrogen (secondary N) is 1. The van der Waals surface area contributed by atoms with E-state index in [-0.39, 0.29) is 0 Å². The summed E-state index contributed by atoms with van der Waals surface area (Å²) in [6.07, 6.45) is 10.2. The highest BCUT2D eigenvalue weighted by Gasteiger charge is 2.12. The molecule has 0 radical (unpaired) electrons. The van der Waals surface area contributed by atoms with Crippen LogP contribution in [0.5, 0.6) is 0 Å². The van der Waals surface area contributed by atoms with Gasteiger partial charge in [-0.05, 0) is 57.6 Å². The van der Waals surface area contributed by atoms with E-state index >= 15 is 0 Å². The molecule has 1 atom stereocenters. The molecule has 1 N–H and O–H groups in total. The molecule has 0 fully saturated rings. The van der Waals surface area contributed by atoms with Gasteiger partial charge in [0.2, 0.25) is 0 Å². The summed E-state index contributed by atoms with van der Waals surface area (Å²) >= 11 is 0. The first-order chi connectivity index (χ1) is 9.28. The first kappa shape index (κ1) is 14.3. The van der Waals surface area contributed by atoms with E-state index < -0.39 is 0 Å². The van der Waals surface area contributed by atoms with Gasteiger partial charge in [-0.1, -0.05) is 48.4 Å². The molecule has 0 spiro atoms. The Labute approximate surface area is 118 Å². The zero-order valence-corrected chi connectivity index (χ0v) is 12.4. The van der Waals surface area contributed by atoms with Crippen molar-refractivity contribution >= 4 is 0 Å². The maximum atomic E-state index is 3.65. The van der Waals surface area contributed by atoms with Gasteiger partial charge < -0.3 is 5.32 Å². The van der Waals surface area contributed by atoms with Crippen molar-refractivity contribution in [1.82, 2.24) is 5.32 Å². The number of rotatable bonds is 6. The second kappa shape index (κ2) is 7.49. The van der Waals surface area contributed by atoms with Gasteiger partial charge in [0.25, 0.3) is 0 Å². The van der Waals surface area contributed by atoms with Gasteiger partial charge in [0.15, 0.2) is 0 Å². The van der Waals surface area contributed by atoms with Gasteiger partial charge in [-0.2, -0.15) is 0 Å². The highest BCUT2D eigenvalue weighted by Crippen LogP contribution is 2.22. The Balaban J connectivity index is 1.95. The van der Waals surface area contributed by atoms with Gasteiger partial charge in [0, 0.05) is 6.04 Å². The fourth-order valence-corrected chi connectivity index (χ4v) is 2.92. The topological polar surface area (TPSA) is 12.0 Å². The minimum atomic E-state index is 0.594. The van der Waals surface area contributed by atoms with Crippen LogP contribution in [0.3, 0.4) is 0 Å². The van der Waals surface area contributed by atoms with Crippen LogP contribution in [-0.4, -0.2) is 12.6 Å². The van der Waals surface area contributed by atoms with Crippen LogP contribution < -0.4 is 5.32 Å². The molecule has 2 rings (SSSR count). The molecule has 0 aliphatic heterocycles. The monoisotopic (exact) mass is 257 g/mol. The molecule has 19 heavy (non-hydrogen) atoms. The van der Waals surface area contributed by atoms with Crippen molar-refractivity contribution in [2.75, 3.05) is 6.54 Å². The summed E-state index contributed by atoms with van der Waals surface area (Å²) in [7, 11) is 0. The van der Waals surface area contributed by atoms with E-state index in [4.69, 9.17) is 0 Å². The van der Waals surface area contributed by atoms with E-state index in [1.165, 1.54) is 43.2 Å². The minimum absolute atomic E-state index is 0.594. The molecule has 0 saturated heterocycles. The van der Waals surface area contributed by atoms with E-state index in [9.17, 15) is 0 Å². The third-order valence-electron chi connectivity index (χ3n) is 3.99. The Morgan fingerprint density at radius 1 is 1.11 bits per heavy atom. The molecule has 1 aromatic carbocycles. The fraction of sp³-hybridized carbons (Fsp3) is 0.556. The fourth-order valence-electron chi connectivity index (χ4n) is 2.92. The van der Waals surface area contributed by atoms with Gasteiger partial charge in [-0.25, -0.2) is 0 Å². The Morgan fingerprint density at radius 2 is 1.89 bits per heavy atom. The number of aryl methyl sites for hydroxylation is 1. The van der Waals surface area contributed by atoms with Crippen molar-refractivity contribution in [3.8, 4) is 0 Å². The summed E-state index contributed by atoms with van der Waals surface area (Å²) in [5.41, 5.74) is 4.47. The maximum absolute atomic E-state index is 3.65. The summed E-state index contributed by atoms with van der Waals surface area (Å²) in [6.45, 7) is 5.42. The van der Waals surface area contributed by atoms with E-state index in [0.29, 0.717) is 6.04 Å². The molecule has 0 aromatic heterocycles. The summed E-state index contributed by atoms with van der Waals surface area (Å²) in [4.78, 5) is 0. The first-order valence-electron chi connectivity index (χ1n) is 7.74. The van der Waals surface area contributed by atoms with E-state index in [2.05, 4.69) is 49.5 Å². The van der Waals surface area contributed by atoms with E-state index in [1.807, 2.05) is 0 Å². The lowest BCUT2D eigenvalue weighted by Crippen LogP contribution is -2.31. The van der Waals surface area contributed by atoms with Crippen LogP contribution in [0.2, 0.25) is 0 Å². The molecule has 0 saturated carbocycles. The maximum Gasteiger partial charge on any atom is 0.0144 e. The highest BCUT2D eigenvalue weighted by atomic mass is 14.9. The molecule has 1 aliphatic rings. The van der Waals surface area contributed by atoms with Crippen LogP contribution in [0, 0.1) is 6.92 Å². The van der Waals surface area contributed by atoms with Crippen molar-refractivity contribution in [2.24, 2.45) is 0 Å². The third kappa shape index (κ3) is 4.83. The lowest BCUT2D eigenvalue weighted by molar-refractivity contribution is 0.504. The van der Waals surface area contributed by atoms with E-state index in [1.54, 1.807) is 5.57 Å². The average molecular weight is 257 g/mol. The summed E-state index contributed by atoms with van der Waals surface area (Å²) in [5, 5.41) is 3.65. The van der Waals surface area contributed by atoms with Gasteiger partial charge in [0.1, 0.15) is 0 Å². The van der Waals surface area contributed by atoms with Gasteiger partial charge >= 0.3 is 0 Å². The van der Waals surface area contributed by atoms with Gasteiger partial charge in [0.05, 0.1) is 0 Å². The molecule has 1 heteroatoms. The second-order valence-corrected chi connectivity index (χ2v) is 5.76. The van der Waals surface area contributed by atoms with E-state index in [0.717, 1.165) is 13.0 Å². The summed E-state index contributed by atoms with van der Waals surface area (Å²) < 4.78 is 0. The lowest BCUT2D eigenvalue weighted by atomic mass is 9.91. The summed E-state index contributed by atoms with van der Waals surface area (Å²) in [6, 6.07) is 9.58. The molecule has 0 amide bonds. The Hall–Kier alpha value is -1.08. The Kier molecular flexibility index (Phi) is 5.65. The molecule has 0 heterocycles. The van der Waals surface area contributed by atoms with Gasteiger partial charge in [-0.15, -0.1) is 0 Å². The van der Waals surface area contributed by atoms with Crippen molar-refractivity contribution in [1.29, 1.82) is 0 Å². The molecular formula is C18H27N. The zero-order valence-electron chi connectivity index (χ0n) is 12.4. The predicted octanol–water partition coefficient (Wildman–Crippen LogP) is 4.41. The number of benzene rings is 1. The number of hydrogen-bond donors (Lipinski definition) is 1. The first-order valence-corrected chi connectivity index (χ1v) is 7.74. The average Bonchev–Trinajstić information content (AvgIpc) is 2.43. The molecule has 0 bridgehead atoms. The van der Waals surface area contributed by atoms with Crippen LogP contribution in [0.15, 0.2) is 35.9 Å². The number of likely N-dealkylation sites (N-methyl/N-ethyl adjacent to an activating group) is 1. The molecule has 1 aliphatic carbocycles. The zero-order chi connectivity index (χ0) is 13.5. The number of allylic oxidation sites excluding steroid dienone is 1. The lowest BCUT2D eigenvalue weighted by Gasteiger charge is -2.21. The predicted molar refractivity (Wildman–Crippen MR) is 83.5 cm³/mol. The van der Waals surface area contributed by atoms with Crippen LogP contribution in [0.4, 0.5) is 0 Å². The normalized spacial score (nSPS) is 17.1. The largest absolute Gasteiger partial charge is 0.314 e. The smallest absolute Gasteiger partial charge is 0.0144 e. The van der Waals surface area contributed by atoms with Gasteiger partial charge in [-0.3, -0.25) is 0 Å². The standard InChI is InChI=1S/C18H27N/c1-3-19-18(13-16-7-5-4-6-8-16)14-17-11-9-15(2)10-12-17/h7,9-12,18-19H,3-6,8,13-14H2,1-2H3. The van der Waals surface area contributed by atoms with Crippen molar-refractivity contribution in [2.45, 2.75) is 58.4 Å². The van der Waals surface area contributed by atoms with Crippen LogP contribution >= 0.6 is 0 Å². The van der Waals surface area contributed by atoms with Crippen molar-refractivity contribution in [3.05, 3.63) is 47.0 Å².